The summed E-state index contributed by atoms with van der Waals surface area (Å²) in [4.78, 5) is 30.3. The number of aromatic nitrogens is 2. The van der Waals surface area contributed by atoms with Crippen molar-refractivity contribution in [3.63, 3.8) is 0 Å². The fraction of sp³-hybridized carbons (Fsp3) is 0.389. The Morgan fingerprint density at radius 3 is 2.67 bits per heavy atom. The number of carbonyl (C=O) groups is 1. The molecular weight excluding hydrogens is 388 g/mol. The summed E-state index contributed by atoms with van der Waals surface area (Å²) in [6, 6.07) is 5.23. The Morgan fingerprint density at radius 1 is 1.26 bits per heavy atom. The van der Waals surface area contributed by atoms with E-state index in [1.54, 1.807) is 32.2 Å². The van der Waals surface area contributed by atoms with Gasteiger partial charge in [0, 0.05) is 18.2 Å². The molecular formula is C18H20N2O5S2. The van der Waals surface area contributed by atoms with Gasteiger partial charge in [0.05, 0.1) is 37.6 Å². The van der Waals surface area contributed by atoms with Crippen molar-refractivity contribution >= 4 is 29.5 Å². The topological polar surface area (TPSA) is 79.7 Å². The number of hydrogen-bond donors (Lipinski definition) is 0. The van der Waals surface area contributed by atoms with Crippen LogP contribution < -0.4 is 15.0 Å². The van der Waals surface area contributed by atoms with E-state index in [1.807, 2.05) is 0 Å². The second-order valence-corrected chi connectivity index (χ2v) is 8.14. The van der Waals surface area contributed by atoms with Crippen LogP contribution >= 0.6 is 23.5 Å². The summed E-state index contributed by atoms with van der Waals surface area (Å²) in [5.74, 6) is 1.52. The summed E-state index contributed by atoms with van der Waals surface area (Å²) in [5.41, 5.74) is 1.23. The second-order valence-electron chi connectivity index (χ2n) is 5.73. The van der Waals surface area contributed by atoms with E-state index in [2.05, 4.69) is 4.98 Å². The van der Waals surface area contributed by atoms with E-state index in [-0.39, 0.29) is 11.5 Å². The number of nitrogens with zero attached hydrogens (tertiary/aromatic N) is 2. The van der Waals surface area contributed by atoms with Crippen LogP contribution in [-0.2, 0) is 16.0 Å². The molecule has 0 aliphatic carbocycles. The summed E-state index contributed by atoms with van der Waals surface area (Å²) < 4.78 is 17.0. The monoisotopic (exact) mass is 408 g/mol. The summed E-state index contributed by atoms with van der Waals surface area (Å²) in [6.07, 6.45) is 0.738. The van der Waals surface area contributed by atoms with Crippen molar-refractivity contribution in [1.82, 2.24) is 9.55 Å². The second kappa shape index (κ2) is 8.26. The van der Waals surface area contributed by atoms with Crippen LogP contribution in [0.1, 0.15) is 12.6 Å². The minimum absolute atomic E-state index is 0.144. The molecule has 9 heteroatoms. The number of fused-ring (bicyclic) bond motifs is 1. The zero-order valence-corrected chi connectivity index (χ0v) is 17.1. The van der Waals surface area contributed by atoms with Crippen molar-refractivity contribution in [2.24, 2.45) is 0 Å². The quantitative estimate of drug-likeness (QED) is 0.410. The zero-order chi connectivity index (χ0) is 19.6. The molecule has 144 valence electrons. The molecule has 0 saturated heterocycles. The van der Waals surface area contributed by atoms with E-state index in [1.165, 1.54) is 42.3 Å². The average Bonchev–Trinajstić information content (AvgIpc) is 3.15. The van der Waals surface area contributed by atoms with Crippen LogP contribution in [0.4, 0.5) is 0 Å². The predicted molar refractivity (Wildman–Crippen MR) is 105 cm³/mol. The number of methoxy groups -OCH3 is 3. The Balaban J connectivity index is 2.16. The van der Waals surface area contributed by atoms with Crippen LogP contribution in [0.5, 0.6) is 11.5 Å². The van der Waals surface area contributed by atoms with Crippen molar-refractivity contribution in [1.29, 1.82) is 0 Å². The van der Waals surface area contributed by atoms with Gasteiger partial charge in [0.25, 0.3) is 5.56 Å². The van der Waals surface area contributed by atoms with Crippen LogP contribution in [-0.4, -0.2) is 47.9 Å². The lowest BCUT2D eigenvalue weighted by atomic mass is 10.2. The molecule has 1 atom stereocenters. The predicted octanol–water partition coefficient (Wildman–Crippen LogP) is 2.55. The SMILES string of the molecule is COC(=O)[C@H](C)Sc1nc2c(c(=O)n1-c1ccc(OC)c(OC)c1)SCC2. The first-order valence-electron chi connectivity index (χ1n) is 8.25. The molecule has 3 rings (SSSR count). The van der Waals surface area contributed by atoms with E-state index in [4.69, 9.17) is 14.2 Å². The minimum Gasteiger partial charge on any atom is -0.493 e. The third-order valence-electron chi connectivity index (χ3n) is 4.11. The molecule has 2 heterocycles. The van der Waals surface area contributed by atoms with Crippen molar-refractivity contribution in [2.75, 3.05) is 27.1 Å². The highest BCUT2D eigenvalue weighted by atomic mass is 32.2. The number of benzene rings is 1. The molecule has 1 aromatic heterocycles. The maximum Gasteiger partial charge on any atom is 0.318 e. The van der Waals surface area contributed by atoms with Gasteiger partial charge in [-0.1, -0.05) is 11.8 Å². The highest BCUT2D eigenvalue weighted by Gasteiger charge is 2.25. The lowest BCUT2D eigenvalue weighted by Gasteiger charge is -2.17. The van der Waals surface area contributed by atoms with E-state index in [0.29, 0.717) is 27.2 Å². The molecule has 0 radical (unpaired) electrons. The number of thioether (sulfide) groups is 2. The summed E-state index contributed by atoms with van der Waals surface area (Å²) >= 11 is 2.70. The van der Waals surface area contributed by atoms with E-state index >= 15 is 0 Å². The van der Waals surface area contributed by atoms with Gasteiger partial charge in [0.15, 0.2) is 16.7 Å². The number of esters is 1. The van der Waals surface area contributed by atoms with Gasteiger partial charge in [-0.15, -0.1) is 11.8 Å². The average molecular weight is 409 g/mol. The van der Waals surface area contributed by atoms with Gasteiger partial charge < -0.3 is 14.2 Å². The summed E-state index contributed by atoms with van der Waals surface area (Å²) in [7, 11) is 4.43. The van der Waals surface area contributed by atoms with E-state index in [9.17, 15) is 9.59 Å². The van der Waals surface area contributed by atoms with Gasteiger partial charge in [-0.3, -0.25) is 14.2 Å². The van der Waals surface area contributed by atoms with Crippen LogP contribution in [0, 0.1) is 0 Å². The maximum atomic E-state index is 13.2. The molecule has 2 aromatic rings. The van der Waals surface area contributed by atoms with Gasteiger partial charge in [-0.05, 0) is 19.1 Å². The smallest absolute Gasteiger partial charge is 0.318 e. The first kappa shape index (κ1) is 19.6. The standard InChI is InChI=1S/C18H20N2O5S2/c1-10(17(22)25-4)27-18-19-12-7-8-26-15(12)16(21)20(18)11-5-6-13(23-2)14(9-11)24-3/h5-6,9-10H,7-8H2,1-4H3/t10-/m0/s1. The molecule has 1 aliphatic rings. The fourth-order valence-electron chi connectivity index (χ4n) is 2.74. The van der Waals surface area contributed by atoms with Gasteiger partial charge in [0.1, 0.15) is 5.25 Å². The van der Waals surface area contributed by atoms with Crippen molar-refractivity contribution in [3.8, 4) is 17.2 Å². The first-order valence-corrected chi connectivity index (χ1v) is 10.1. The Morgan fingerprint density at radius 2 is 2.00 bits per heavy atom. The van der Waals surface area contributed by atoms with Crippen LogP contribution in [0.2, 0.25) is 0 Å². The Kier molecular flexibility index (Phi) is 6.01. The molecule has 0 spiro atoms. The molecule has 0 bridgehead atoms. The highest BCUT2D eigenvalue weighted by molar-refractivity contribution is 8.00. The Bertz CT molecular complexity index is 929. The maximum absolute atomic E-state index is 13.2. The molecule has 0 unspecified atom stereocenters. The minimum atomic E-state index is -0.500. The zero-order valence-electron chi connectivity index (χ0n) is 15.5. The lowest BCUT2D eigenvalue weighted by molar-refractivity contribution is -0.139. The van der Waals surface area contributed by atoms with Crippen LogP contribution in [0.3, 0.4) is 0 Å². The molecule has 1 aliphatic heterocycles. The number of carbonyl (C=O) groups excluding carboxylic acids is 1. The van der Waals surface area contributed by atoms with Gasteiger partial charge in [0.2, 0.25) is 0 Å². The van der Waals surface area contributed by atoms with Crippen LogP contribution in [0.15, 0.2) is 33.0 Å². The summed E-state index contributed by atoms with van der Waals surface area (Å²) in [5, 5.41) is -0.0493. The van der Waals surface area contributed by atoms with Crippen molar-refractivity contribution < 1.29 is 19.0 Å². The molecule has 0 amide bonds. The molecule has 0 fully saturated rings. The molecule has 0 N–H and O–H groups in total. The summed E-state index contributed by atoms with van der Waals surface area (Å²) in [6.45, 7) is 1.73. The molecule has 1 aromatic carbocycles. The third-order valence-corrected chi connectivity index (χ3v) is 6.25. The van der Waals surface area contributed by atoms with Gasteiger partial charge >= 0.3 is 5.97 Å². The fourth-order valence-corrected chi connectivity index (χ4v) is 4.73. The molecule has 0 saturated carbocycles. The van der Waals surface area contributed by atoms with Gasteiger partial charge in [-0.2, -0.15) is 0 Å². The Labute approximate surface area is 165 Å². The van der Waals surface area contributed by atoms with Crippen molar-refractivity contribution in [2.45, 2.75) is 28.6 Å². The number of ether oxygens (including phenoxy) is 3. The van der Waals surface area contributed by atoms with E-state index in [0.717, 1.165) is 17.9 Å². The number of hydrogen-bond acceptors (Lipinski definition) is 8. The first-order chi connectivity index (χ1) is 13.0. The number of aryl methyl sites for hydroxylation is 1. The van der Waals surface area contributed by atoms with Crippen molar-refractivity contribution in [3.05, 3.63) is 34.2 Å². The largest absolute Gasteiger partial charge is 0.493 e. The normalized spacial score (nSPS) is 13.8. The van der Waals surface area contributed by atoms with Crippen LogP contribution in [0.25, 0.3) is 5.69 Å². The third kappa shape index (κ3) is 3.79. The molecule has 27 heavy (non-hydrogen) atoms. The number of rotatable bonds is 6. The van der Waals surface area contributed by atoms with E-state index < -0.39 is 5.25 Å². The molecule has 7 nitrogen and oxygen atoms in total. The lowest BCUT2D eigenvalue weighted by Crippen LogP contribution is -2.25. The highest BCUT2D eigenvalue weighted by Crippen LogP contribution is 2.34. The van der Waals surface area contributed by atoms with Gasteiger partial charge in [-0.25, -0.2) is 4.98 Å². The Hall–Kier alpha value is -2.13.